The lowest BCUT2D eigenvalue weighted by molar-refractivity contribution is -0.130. The first-order valence-corrected chi connectivity index (χ1v) is 8.62. The molecular formula is C17H27N3O4. The monoisotopic (exact) mass is 337 g/mol. The molecule has 1 aromatic heterocycles. The number of aromatic nitrogens is 1. The Morgan fingerprint density at radius 2 is 2.08 bits per heavy atom. The molecule has 0 bridgehead atoms. The lowest BCUT2D eigenvalue weighted by Crippen LogP contribution is -2.47. The zero-order valence-corrected chi connectivity index (χ0v) is 14.7. The number of methoxy groups -OCH3 is 1. The van der Waals surface area contributed by atoms with Crippen molar-refractivity contribution in [2.24, 2.45) is 11.8 Å². The summed E-state index contributed by atoms with van der Waals surface area (Å²) < 4.78 is 10.7. The van der Waals surface area contributed by atoms with Crippen LogP contribution in [0, 0.1) is 11.8 Å². The Morgan fingerprint density at radius 3 is 2.67 bits per heavy atom. The minimum atomic E-state index is -0.259. The Bertz CT molecular complexity index is 623. The van der Waals surface area contributed by atoms with Crippen LogP contribution in [-0.2, 0) is 16.0 Å². The molecule has 3 rings (SSSR count). The van der Waals surface area contributed by atoms with Crippen molar-refractivity contribution in [3.63, 3.8) is 0 Å². The van der Waals surface area contributed by atoms with Crippen LogP contribution in [0.4, 0.5) is 0 Å². The van der Waals surface area contributed by atoms with Crippen molar-refractivity contribution in [2.75, 3.05) is 34.3 Å². The van der Waals surface area contributed by atoms with Gasteiger partial charge in [0.1, 0.15) is 5.76 Å². The number of likely N-dealkylation sites (N-methyl/N-ethyl adjacent to an activating group) is 1. The van der Waals surface area contributed by atoms with E-state index in [0.717, 1.165) is 25.9 Å². The van der Waals surface area contributed by atoms with Crippen molar-refractivity contribution in [1.82, 2.24) is 15.0 Å². The van der Waals surface area contributed by atoms with Crippen molar-refractivity contribution in [3.05, 3.63) is 22.2 Å². The van der Waals surface area contributed by atoms with Gasteiger partial charge in [0, 0.05) is 45.1 Å². The first-order chi connectivity index (χ1) is 11.5. The number of rotatable bonds is 5. The smallest absolute Gasteiger partial charge is 0.280 e. The predicted octanol–water partition coefficient (Wildman–Crippen LogP) is 0.714. The van der Waals surface area contributed by atoms with Crippen molar-refractivity contribution in [2.45, 2.75) is 37.8 Å². The molecule has 2 aliphatic rings. The van der Waals surface area contributed by atoms with E-state index < -0.39 is 0 Å². The molecule has 7 heteroatoms. The average molecular weight is 337 g/mol. The highest BCUT2D eigenvalue weighted by Crippen LogP contribution is 2.38. The van der Waals surface area contributed by atoms with Crippen LogP contribution in [0.3, 0.4) is 0 Å². The second-order valence-electron chi connectivity index (χ2n) is 7.27. The average Bonchev–Trinajstić information content (AvgIpc) is 3.16. The molecule has 1 saturated heterocycles. The highest BCUT2D eigenvalue weighted by atomic mass is 16.5. The lowest BCUT2D eigenvalue weighted by Gasteiger charge is -2.40. The van der Waals surface area contributed by atoms with Crippen LogP contribution in [0.25, 0.3) is 0 Å². The maximum atomic E-state index is 12.5. The second kappa shape index (κ2) is 7.11. The van der Waals surface area contributed by atoms with Gasteiger partial charge in [-0.15, -0.1) is 0 Å². The number of H-pyrrole nitrogens is 1. The number of fused-ring (bicyclic) bond motifs is 1. The van der Waals surface area contributed by atoms with Crippen LogP contribution >= 0.6 is 0 Å². The van der Waals surface area contributed by atoms with Crippen molar-refractivity contribution in [3.8, 4) is 0 Å². The second-order valence-corrected chi connectivity index (χ2v) is 7.27. The summed E-state index contributed by atoms with van der Waals surface area (Å²) in [6.45, 7) is 1.65. The largest absolute Gasteiger partial charge is 0.384 e. The Hall–Kier alpha value is -1.60. The molecule has 1 aliphatic carbocycles. The molecule has 24 heavy (non-hydrogen) atoms. The van der Waals surface area contributed by atoms with Gasteiger partial charge in [-0.05, 0) is 38.8 Å². The fourth-order valence-corrected chi connectivity index (χ4v) is 4.22. The van der Waals surface area contributed by atoms with Gasteiger partial charge in [-0.25, -0.2) is 0 Å². The molecule has 134 valence electrons. The Labute approximate surface area is 141 Å². The van der Waals surface area contributed by atoms with Gasteiger partial charge in [-0.3, -0.25) is 9.59 Å². The molecule has 0 aromatic carbocycles. The van der Waals surface area contributed by atoms with Gasteiger partial charge < -0.3 is 19.1 Å². The molecule has 0 radical (unpaired) electrons. The standard InChI is InChI=1S/C17H27N3O4/c1-19(2)14-6-11-9-20(10-12(11)7-15(14)23-3)17(22)5-4-13-8-16(21)18-24-13/h8,11-12,14-15H,4-7,9-10H2,1-3H3,(H,18,21)/t11-,12+,14-,15-/m1/s1. The number of hydrogen-bond donors (Lipinski definition) is 1. The van der Waals surface area contributed by atoms with Gasteiger partial charge in [0.2, 0.25) is 5.91 Å². The summed E-state index contributed by atoms with van der Waals surface area (Å²) in [5.41, 5.74) is -0.259. The molecule has 0 spiro atoms. The molecule has 2 heterocycles. The first kappa shape index (κ1) is 17.2. The minimum absolute atomic E-state index is 0.142. The Balaban J connectivity index is 1.56. The molecule has 7 nitrogen and oxygen atoms in total. The van der Waals surface area contributed by atoms with Gasteiger partial charge in [0.25, 0.3) is 5.56 Å². The molecule has 1 saturated carbocycles. The van der Waals surface area contributed by atoms with Crippen LogP contribution in [0.2, 0.25) is 0 Å². The Kier molecular flexibility index (Phi) is 5.10. The van der Waals surface area contributed by atoms with Crippen LogP contribution in [0.1, 0.15) is 25.0 Å². The summed E-state index contributed by atoms with van der Waals surface area (Å²) in [7, 11) is 5.98. The lowest BCUT2D eigenvalue weighted by atomic mass is 9.77. The van der Waals surface area contributed by atoms with Crippen LogP contribution < -0.4 is 5.56 Å². The van der Waals surface area contributed by atoms with Crippen molar-refractivity contribution in [1.29, 1.82) is 0 Å². The zero-order chi connectivity index (χ0) is 17.3. The van der Waals surface area contributed by atoms with Crippen molar-refractivity contribution >= 4 is 5.91 Å². The fourth-order valence-electron chi connectivity index (χ4n) is 4.22. The van der Waals surface area contributed by atoms with E-state index in [2.05, 4.69) is 24.2 Å². The van der Waals surface area contributed by atoms with E-state index >= 15 is 0 Å². The van der Waals surface area contributed by atoms with Crippen molar-refractivity contribution < 1.29 is 14.1 Å². The number of likely N-dealkylation sites (tertiary alicyclic amines) is 1. The first-order valence-electron chi connectivity index (χ1n) is 8.62. The number of aromatic amines is 1. The molecular weight excluding hydrogens is 310 g/mol. The number of nitrogens with zero attached hydrogens (tertiary/aromatic N) is 2. The van der Waals surface area contributed by atoms with E-state index in [-0.39, 0.29) is 17.6 Å². The van der Waals surface area contributed by atoms with Crippen LogP contribution in [-0.4, -0.2) is 67.3 Å². The molecule has 1 aromatic rings. The molecule has 1 N–H and O–H groups in total. The molecule has 1 aliphatic heterocycles. The summed E-state index contributed by atoms with van der Waals surface area (Å²) in [5.74, 6) is 1.76. The van der Waals surface area contributed by atoms with Gasteiger partial charge in [0.05, 0.1) is 6.10 Å². The van der Waals surface area contributed by atoms with Gasteiger partial charge in [-0.2, -0.15) is 5.16 Å². The third-order valence-electron chi connectivity index (χ3n) is 5.56. The summed E-state index contributed by atoms with van der Waals surface area (Å²) in [6, 6.07) is 1.82. The van der Waals surface area contributed by atoms with E-state index in [1.807, 2.05) is 4.90 Å². The fraction of sp³-hybridized carbons (Fsp3) is 0.765. The maximum absolute atomic E-state index is 12.5. The SMILES string of the molecule is CO[C@@H]1C[C@H]2CN(C(=O)CCc3cc(=O)[nH]o3)C[C@H]2C[C@H]1N(C)C. The molecule has 1 amide bonds. The maximum Gasteiger partial charge on any atom is 0.280 e. The number of ether oxygens (including phenoxy) is 1. The number of amides is 1. The Morgan fingerprint density at radius 1 is 1.38 bits per heavy atom. The van der Waals surface area contributed by atoms with E-state index in [0.29, 0.717) is 36.5 Å². The zero-order valence-electron chi connectivity index (χ0n) is 14.7. The number of carbonyl (C=O) groups excluding carboxylic acids is 1. The minimum Gasteiger partial charge on any atom is -0.384 e. The quantitative estimate of drug-likeness (QED) is 0.856. The summed E-state index contributed by atoms with van der Waals surface area (Å²) in [6.07, 6.45) is 3.17. The number of carbonyl (C=O) groups is 1. The van der Waals surface area contributed by atoms with Gasteiger partial charge in [0.15, 0.2) is 0 Å². The summed E-state index contributed by atoms with van der Waals surface area (Å²) >= 11 is 0. The predicted molar refractivity (Wildman–Crippen MR) is 88.7 cm³/mol. The van der Waals surface area contributed by atoms with Crippen LogP contribution in [0.5, 0.6) is 0 Å². The normalized spacial score (nSPS) is 29.9. The molecule has 4 atom stereocenters. The third kappa shape index (κ3) is 3.57. The topological polar surface area (TPSA) is 78.8 Å². The summed E-state index contributed by atoms with van der Waals surface area (Å²) in [4.78, 5) is 27.8. The highest BCUT2D eigenvalue weighted by molar-refractivity contribution is 5.76. The van der Waals surface area contributed by atoms with Gasteiger partial charge in [-0.1, -0.05) is 0 Å². The third-order valence-corrected chi connectivity index (χ3v) is 5.56. The van der Waals surface area contributed by atoms with E-state index in [1.54, 1.807) is 7.11 Å². The number of hydrogen-bond acceptors (Lipinski definition) is 5. The molecule has 2 fully saturated rings. The van der Waals surface area contributed by atoms with E-state index in [1.165, 1.54) is 6.07 Å². The number of aryl methyl sites for hydroxylation is 1. The van der Waals surface area contributed by atoms with Crippen LogP contribution in [0.15, 0.2) is 15.4 Å². The van der Waals surface area contributed by atoms with E-state index in [4.69, 9.17) is 9.26 Å². The van der Waals surface area contributed by atoms with E-state index in [9.17, 15) is 9.59 Å². The highest BCUT2D eigenvalue weighted by Gasteiger charge is 2.44. The molecule has 0 unspecified atom stereocenters. The number of nitrogens with one attached hydrogen (secondary N) is 1. The van der Waals surface area contributed by atoms with Gasteiger partial charge >= 0.3 is 0 Å². The summed E-state index contributed by atoms with van der Waals surface area (Å²) in [5, 5.41) is 2.26.